The molecule has 0 aliphatic carbocycles. The van der Waals surface area contributed by atoms with Gasteiger partial charge in [0.25, 0.3) is 0 Å². The lowest BCUT2D eigenvalue weighted by molar-refractivity contribution is -0.120. The van der Waals surface area contributed by atoms with Crippen molar-refractivity contribution in [3.63, 3.8) is 0 Å². The fourth-order valence-corrected chi connectivity index (χ4v) is 2.97. The standard InChI is InChI=1S/C19H20FNO3S/c1-21-19(23)18(25-13-22)12-15-4-8-17(9-5-15)24-11-10-14-2-6-16(20)7-3-14/h2-9,13,18H,10-12H2,1H3,(H,21,23). The van der Waals surface area contributed by atoms with Crippen LogP contribution in [-0.4, -0.2) is 30.4 Å². The molecule has 4 nitrogen and oxygen atoms in total. The number of hydrogen-bond acceptors (Lipinski definition) is 4. The Morgan fingerprint density at radius 1 is 1.16 bits per heavy atom. The number of halogens is 1. The summed E-state index contributed by atoms with van der Waals surface area (Å²) >= 11 is 0.970. The van der Waals surface area contributed by atoms with Gasteiger partial charge in [-0.15, -0.1) is 0 Å². The van der Waals surface area contributed by atoms with Crippen molar-refractivity contribution in [2.24, 2.45) is 0 Å². The van der Waals surface area contributed by atoms with Crippen LogP contribution >= 0.6 is 11.8 Å². The predicted octanol–water partition coefficient (Wildman–Crippen LogP) is 3.03. The number of hydrogen-bond donors (Lipinski definition) is 1. The molecule has 132 valence electrons. The zero-order valence-electron chi connectivity index (χ0n) is 13.9. The van der Waals surface area contributed by atoms with Crippen molar-refractivity contribution in [2.45, 2.75) is 18.1 Å². The predicted molar refractivity (Wildman–Crippen MR) is 97.9 cm³/mol. The van der Waals surface area contributed by atoms with Crippen LogP contribution in [0.3, 0.4) is 0 Å². The van der Waals surface area contributed by atoms with Gasteiger partial charge in [-0.3, -0.25) is 9.59 Å². The molecule has 6 heteroatoms. The van der Waals surface area contributed by atoms with Gasteiger partial charge in [-0.2, -0.15) is 0 Å². The summed E-state index contributed by atoms with van der Waals surface area (Å²) in [6.45, 7) is 0.493. The topological polar surface area (TPSA) is 55.4 Å². The molecule has 2 rings (SSSR count). The Labute approximate surface area is 150 Å². The lowest BCUT2D eigenvalue weighted by Crippen LogP contribution is -2.31. The molecule has 0 spiro atoms. The first-order chi connectivity index (χ1) is 12.1. The van der Waals surface area contributed by atoms with Gasteiger partial charge in [0.1, 0.15) is 11.6 Å². The maximum absolute atomic E-state index is 12.8. The molecule has 1 unspecified atom stereocenters. The minimum atomic E-state index is -0.437. The van der Waals surface area contributed by atoms with Gasteiger partial charge in [-0.25, -0.2) is 4.39 Å². The van der Waals surface area contributed by atoms with Crippen molar-refractivity contribution in [2.75, 3.05) is 13.7 Å². The van der Waals surface area contributed by atoms with Crippen molar-refractivity contribution in [3.05, 3.63) is 65.5 Å². The number of thioether (sulfide) groups is 1. The van der Waals surface area contributed by atoms with Crippen LogP contribution in [0, 0.1) is 5.82 Å². The van der Waals surface area contributed by atoms with E-state index < -0.39 is 5.25 Å². The van der Waals surface area contributed by atoms with Crippen molar-refractivity contribution >= 4 is 23.3 Å². The lowest BCUT2D eigenvalue weighted by atomic mass is 10.1. The third-order valence-corrected chi connectivity index (χ3v) is 4.50. The minimum Gasteiger partial charge on any atom is -0.493 e. The number of nitrogens with one attached hydrogen (secondary N) is 1. The second kappa shape index (κ2) is 9.84. The number of rotatable bonds is 9. The van der Waals surface area contributed by atoms with Gasteiger partial charge in [0, 0.05) is 13.5 Å². The molecular formula is C19H20FNO3S. The highest BCUT2D eigenvalue weighted by Gasteiger charge is 2.18. The van der Waals surface area contributed by atoms with Crippen LogP contribution in [-0.2, 0) is 22.4 Å². The molecule has 0 aliphatic heterocycles. The highest BCUT2D eigenvalue weighted by atomic mass is 32.2. The van der Waals surface area contributed by atoms with Crippen LogP contribution in [0.5, 0.6) is 5.75 Å². The second-order valence-corrected chi connectivity index (χ2v) is 6.44. The van der Waals surface area contributed by atoms with E-state index in [9.17, 15) is 14.0 Å². The van der Waals surface area contributed by atoms with Gasteiger partial charge in [-0.05, 0) is 41.8 Å². The van der Waals surface area contributed by atoms with Gasteiger partial charge < -0.3 is 10.1 Å². The fraction of sp³-hybridized carbons (Fsp3) is 0.263. The molecule has 2 aromatic carbocycles. The van der Waals surface area contributed by atoms with E-state index in [1.807, 2.05) is 24.3 Å². The van der Waals surface area contributed by atoms with E-state index in [4.69, 9.17) is 4.74 Å². The summed E-state index contributed by atoms with van der Waals surface area (Å²) in [6.07, 6.45) is 1.16. The Morgan fingerprint density at radius 2 is 1.80 bits per heavy atom. The molecule has 0 heterocycles. The van der Waals surface area contributed by atoms with Crippen molar-refractivity contribution in [3.8, 4) is 5.75 Å². The Hall–Kier alpha value is -2.34. The zero-order chi connectivity index (χ0) is 18.1. The SMILES string of the molecule is CNC(=O)C(Cc1ccc(OCCc2ccc(F)cc2)cc1)SC=O. The Bertz CT molecular complexity index is 689. The van der Waals surface area contributed by atoms with Crippen molar-refractivity contribution < 1.29 is 18.7 Å². The quantitative estimate of drug-likeness (QED) is 0.698. The number of amides is 1. The molecule has 0 saturated heterocycles. The molecule has 1 N–H and O–H groups in total. The van der Waals surface area contributed by atoms with E-state index in [1.54, 1.807) is 19.2 Å². The Morgan fingerprint density at radius 3 is 2.40 bits per heavy atom. The third kappa shape index (κ3) is 6.23. The van der Waals surface area contributed by atoms with Crippen LogP contribution in [0.15, 0.2) is 48.5 Å². The van der Waals surface area contributed by atoms with Gasteiger partial charge in [0.2, 0.25) is 5.91 Å². The van der Waals surface area contributed by atoms with E-state index >= 15 is 0 Å². The van der Waals surface area contributed by atoms with Gasteiger partial charge in [0.05, 0.1) is 11.9 Å². The average Bonchev–Trinajstić information content (AvgIpc) is 2.63. The van der Waals surface area contributed by atoms with Crippen molar-refractivity contribution in [1.29, 1.82) is 0 Å². The van der Waals surface area contributed by atoms with Crippen LogP contribution in [0.1, 0.15) is 11.1 Å². The molecule has 1 atom stereocenters. The molecule has 2 aromatic rings. The van der Waals surface area contributed by atoms with Crippen LogP contribution < -0.4 is 10.1 Å². The summed E-state index contributed by atoms with van der Waals surface area (Å²) in [6, 6.07) is 13.8. The molecule has 0 aliphatic rings. The third-order valence-electron chi connectivity index (χ3n) is 3.68. The second-order valence-electron chi connectivity index (χ2n) is 5.41. The first kappa shape index (κ1) is 19.0. The van der Waals surface area contributed by atoms with Gasteiger partial charge >= 0.3 is 0 Å². The normalized spacial score (nSPS) is 11.6. The summed E-state index contributed by atoms with van der Waals surface area (Å²) in [7, 11) is 1.55. The largest absolute Gasteiger partial charge is 0.493 e. The first-order valence-corrected chi connectivity index (χ1v) is 8.83. The average molecular weight is 361 g/mol. The Kier molecular flexibility index (Phi) is 7.47. The van der Waals surface area contributed by atoms with Gasteiger partial charge in [-0.1, -0.05) is 36.0 Å². The van der Waals surface area contributed by atoms with Crippen LogP contribution in [0.25, 0.3) is 0 Å². The molecule has 0 saturated carbocycles. The number of benzene rings is 2. The number of carbonyl (C=O) groups is 2. The smallest absolute Gasteiger partial charge is 0.233 e. The number of carbonyl (C=O) groups excluding carboxylic acids is 2. The molecule has 0 fully saturated rings. The van der Waals surface area contributed by atoms with Crippen LogP contribution in [0.4, 0.5) is 4.39 Å². The molecule has 0 radical (unpaired) electrons. The minimum absolute atomic E-state index is 0.170. The maximum atomic E-state index is 12.8. The summed E-state index contributed by atoms with van der Waals surface area (Å²) in [4.78, 5) is 22.4. The van der Waals surface area contributed by atoms with E-state index in [2.05, 4.69) is 5.32 Å². The summed E-state index contributed by atoms with van der Waals surface area (Å²) in [5, 5.41) is 2.12. The van der Waals surface area contributed by atoms with Crippen molar-refractivity contribution in [1.82, 2.24) is 5.32 Å². The number of ether oxygens (including phenoxy) is 1. The maximum Gasteiger partial charge on any atom is 0.233 e. The van der Waals surface area contributed by atoms with Crippen LogP contribution in [0.2, 0.25) is 0 Å². The van der Waals surface area contributed by atoms with E-state index in [-0.39, 0.29) is 11.7 Å². The zero-order valence-corrected chi connectivity index (χ0v) is 14.7. The summed E-state index contributed by atoms with van der Waals surface area (Å²) in [5.74, 6) is 0.310. The molecule has 0 aromatic heterocycles. The molecule has 0 bridgehead atoms. The van der Waals surface area contributed by atoms with Gasteiger partial charge in [0.15, 0.2) is 5.62 Å². The van der Waals surface area contributed by atoms with E-state index in [1.165, 1.54) is 12.1 Å². The fourth-order valence-electron chi connectivity index (χ4n) is 2.30. The highest BCUT2D eigenvalue weighted by Crippen LogP contribution is 2.18. The molecule has 1 amide bonds. The Balaban J connectivity index is 1.85. The lowest BCUT2D eigenvalue weighted by Gasteiger charge is -2.12. The monoisotopic (exact) mass is 361 g/mol. The van der Waals surface area contributed by atoms with E-state index in [0.717, 1.165) is 28.6 Å². The molecule has 25 heavy (non-hydrogen) atoms. The summed E-state index contributed by atoms with van der Waals surface area (Å²) < 4.78 is 18.5. The molecular weight excluding hydrogens is 341 g/mol. The summed E-state index contributed by atoms with van der Waals surface area (Å²) in [5.41, 5.74) is 2.65. The highest BCUT2D eigenvalue weighted by molar-refractivity contribution is 8.13. The first-order valence-electron chi connectivity index (χ1n) is 7.89. The van der Waals surface area contributed by atoms with E-state index in [0.29, 0.717) is 25.1 Å².